The first kappa shape index (κ1) is 56.0. The molecule has 0 fully saturated rings. The van der Waals surface area contributed by atoms with E-state index in [0.717, 1.165) is 6.42 Å². The second-order valence-corrected chi connectivity index (χ2v) is 33.4. The van der Waals surface area contributed by atoms with Gasteiger partial charge in [-0.05, 0) is 197 Å². The lowest BCUT2D eigenvalue weighted by Crippen LogP contribution is -2.36. The average Bonchev–Trinajstić information content (AvgIpc) is 1.45. The van der Waals surface area contributed by atoms with Crippen LogP contribution in [0.3, 0.4) is 0 Å². The number of hydrogen-bond donors (Lipinski definition) is 0. The van der Waals surface area contributed by atoms with E-state index in [4.69, 9.17) is 0 Å². The fourth-order valence-electron chi connectivity index (χ4n) is 21.6. The molecule has 6 aliphatic rings. The number of rotatable bonds is 5. The summed E-state index contributed by atoms with van der Waals surface area (Å²) in [5.74, 6) is 0. The lowest BCUT2D eigenvalue weighted by Gasteiger charge is -2.43. The van der Waals surface area contributed by atoms with Gasteiger partial charge in [0.1, 0.15) is 0 Å². The van der Waals surface area contributed by atoms with Crippen molar-refractivity contribution in [2.75, 3.05) is 0 Å². The second-order valence-electron chi connectivity index (χ2n) is 33.4. The Morgan fingerprint density at radius 3 is 1.33 bits per heavy atom. The summed E-state index contributed by atoms with van der Waals surface area (Å²) < 4.78 is 10.4. The molecule has 13 aromatic carbocycles. The first-order chi connectivity index (χ1) is 48.2. The molecule has 4 aliphatic heterocycles. The van der Waals surface area contributed by atoms with Gasteiger partial charge in [0.2, 0.25) is 0 Å². The quantitative estimate of drug-likeness (QED) is 0.164. The summed E-state index contributed by atoms with van der Waals surface area (Å²) in [6.07, 6.45) is 0.833. The molecule has 0 radical (unpaired) electrons. The first-order valence-corrected chi connectivity index (χ1v) is 36.3. The van der Waals surface area contributed by atoms with Gasteiger partial charge in [-0.1, -0.05) is 228 Å². The Hall–Kier alpha value is -10.9. The molecule has 100 heavy (non-hydrogen) atoms. The molecule has 8 heterocycles. The molecule has 4 aromatic heterocycles. The molecule has 1 unspecified atom stereocenters. The molecular formula is C96H74N4. The molecule has 4 heteroatoms. The van der Waals surface area contributed by atoms with Crippen molar-refractivity contribution in [1.82, 2.24) is 18.3 Å². The largest absolute Gasteiger partial charge is 0.309 e. The van der Waals surface area contributed by atoms with Crippen LogP contribution in [0.2, 0.25) is 0 Å². The van der Waals surface area contributed by atoms with Gasteiger partial charge in [-0.2, -0.15) is 0 Å². The third kappa shape index (κ3) is 6.37. The van der Waals surface area contributed by atoms with E-state index in [9.17, 15) is 0 Å². The monoisotopic (exact) mass is 1280 g/mol. The minimum absolute atomic E-state index is 0.118. The van der Waals surface area contributed by atoms with Gasteiger partial charge in [0.25, 0.3) is 0 Å². The fourth-order valence-corrected chi connectivity index (χ4v) is 21.6. The predicted octanol–water partition coefficient (Wildman–Crippen LogP) is 24.1. The SMILES string of the molecule is CC1(C)c2ccc(CC3(C)c4cccc5c4-n4c6c(cccc6c6cc(-c7cc8c9c(c7)c7cccc%10c7n9-c7c(cccc7C8(C)C)C%10(C)C)cc3c64)C5(C)C)cc2-c2cc3c4ccccc4n(-c4ccc5c(c4)c4cc6c(cc4n5-c4ccccc4)C(C)(C)c4ccccc4-6)c3cc21. The summed E-state index contributed by atoms with van der Waals surface area (Å²) in [5.41, 5.74) is 40.1. The van der Waals surface area contributed by atoms with Crippen molar-refractivity contribution >= 4 is 87.2 Å². The summed E-state index contributed by atoms with van der Waals surface area (Å²) >= 11 is 0. The fraction of sp³-hybridized carbons (Fsp3) is 0.188. The minimum Gasteiger partial charge on any atom is -0.309 e. The van der Waals surface area contributed by atoms with Crippen molar-refractivity contribution in [2.45, 2.75) is 115 Å². The van der Waals surface area contributed by atoms with Gasteiger partial charge >= 0.3 is 0 Å². The van der Waals surface area contributed by atoms with Gasteiger partial charge in [0.15, 0.2) is 0 Å². The predicted molar refractivity (Wildman–Crippen MR) is 417 cm³/mol. The summed E-state index contributed by atoms with van der Waals surface area (Å²) in [6, 6.07) is 93.1. The lowest BCUT2D eigenvalue weighted by atomic mass is 9.65. The second kappa shape index (κ2) is 17.7. The smallest absolute Gasteiger partial charge is 0.0582 e. The van der Waals surface area contributed by atoms with Gasteiger partial charge in [0, 0.05) is 87.0 Å². The Labute approximate surface area is 582 Å². The maximum atomic E-state index is 2.71. The molecular weight excluding hydrogens is 1210 g/mol. The molecule has 0 N–H and O–H groups in total. The Bertz CT molecular complexity index is 6770. The normalized spacial score (nSPS) is 18.0. The van der Waals surface area contributed by atoms with E-state index in [1.165, 1.54) is 216 Å². The first-order valence-electron chi connectivity index (χ1n) is 36.3. The topological polar surface area (TPSA) is 19.7 Å². The van der Waals surface area contributed by atoms with Crippen LogP contribution in [0.25, 0.3) is 143 Å². The van der Waals surface area contributed by atoms with Gasteiger partial charge in [0.05, 0.1) is 55.5 Å². The van der Waals surface area contributed by atoms with Crippen LogP contribution in [0.15, 0.2) is 237 Å². The molecule has 0 spiro atoms. The van der Waals surface area contributed by atoms with E-state index in [1.807, 2.05) is 0 Å². The Kier molecular flexibility index (Phi) is 9.92. The molecule has 17 aromatic rings. The van der Waals surface area contributed by atoms with E-state index >= 15 is 0 Å². The number of para-hydroxylation sites is 6. The Morgan fingerprint density at radius 2 is 0.670 bits per heavy atom. The molecule has 0 saturated carbocycles. The van der Waals surface area contributed by atoms with E-state index < -0.39 is 5.41 Å². The van der Waals surface area contributed by atoms with Crippen LogP contribution in [0.5, 0.6) is 0 Å². The molecule has 0 bridgehead atoms. The molecule has 0 saturated heterocycles. The van der Waals surface area contributed by atoms with Crippen molar-refractivity contribution in [3.8, 4) is 56.1 Å². The highest BCUT2D eigenvalue weighted by molar-refractivity contribution is 6.19. The zero-order chi connectivity index (χ0) is 67.1. The van der Waals surface area contributed by atoms with E-state index in [2.05, 4.69) is 331 Å². The summed E-state index contributed by atoms with van der Waals surface area (Å²) in [5, 5.41) is 10.4. The number of fused-ring (bicyclic) bond motifs is 14. The molecule has 2 aliphatic carbocycles. The van der Waals surface area contributed by atoms with Gasteiger partial charge in [-0.25, -0.2) is 0 Å². The zero-order valence-corrected chi connectivity index (χ0v) is 58.5. The van der Waals surface area contributed by atoms with Crippen molar-refractivity contribution in [2.24, 2.45) is 0 Å². The number of nitrogens with zero attached hydrogens (tertiary/aromatic N) is 4. The minimum atomic E-state index is -0.419. The van der Waals surface area contributed by atoms with Crippen molar-refractivity contribution in [3.05, 3.63) is 309 Å². The highest BCUT2D eigenvalue weighted by Gasteiger charge is 2.48. The van der Waals surface area contributed by atoms with Crippen LogP contribution in [-0.2, 0) is 38.9 Å². The van der Waals surface area contributed by atoms with Crippen LogP contribution < -0.4 is 0 Å². The van der Waals surface area contributed by atoms with Crippen LogP contribution >= 0.6 is 0 Å². The van der Waals surface area contributed by atoms with Gasteiger partial charge < -0.3 is 18.3 Å². The molecule has 478 valence electrons. The van der Waals surface area contributed by atoms with E-state index in [1.54, 1.807) is 0 Å². The maximum absolute atomic E-state index is 2.71. The van der Waals surface area contributed by atoms with Crippen LogP contribution in [0, 0.1) is 0 Å². The molecule has 23 rings (SSSR count). The maximum Gasteiger partial charge on any atom is 0.0582 e. The third-order valence-corrected chi connectivity index (χ3v) is 26.7. The zero-order valence-electron chi connectivity index (χ0n) is 58.5. The molecule has 4 nitrogen and oxygen atoms in total. The summed E-state index contributed by atoms with van der Waals surface area (Å²) in [6.45, 7) is 27.0. The van der Waals surface area contributed by atoms with Crippen LogP contribution in [0.1, 0.15) is 148 Å². The van der Waals surface area contributed by atoms with E-state index in [0.29, 0.717) is 0 Å². The average molecular weight is 1280 g/mol. The molecule has 0 amide bonds. The Balaban J connectivity index is 0.710. The third-order valence-electron chi connectivity index (χ3n) is 26.7. The van der Waals surface area contributed by atoms with Crippen molar-refractivity contribution in [3.63, 3.8) is 0 Å². The number of aromatic nitrogens is 4. The van der Waals surface area contributed by atoms with Crippen molar-refractivity contribution < 1.29 is 0 Å². The number of hydrogen-bond acceptors (Lipinski definition) is 0. The Morgan fingerprint density at radius 1 is 0.230 bits per heavy atom. The van der Waals surface area contributed by atoms with E-state index in [-0.39, 0.29) is 27.1 Å². The van der Waals surface area contributed by atoms with Gasteiger partial charge in [-0.3, -0.25) is 0 Å². The van der Waals surface area contributed by atoms with Gasteiger partial charge in [-0.15, -0.1) is 0 Å². The summed E-state index contributed by atoms with van der Waals surface area (Å²) in [7, 11) is 0. The standard InChI is InChI=1S/C96H74N4/c1-91(2)69-29-17-15-25-57(69)62-47-66-64-46-56(38-40-82(64)97(84(66)49-77(62)91)55-23-13-12-14-24-55)98-81-36-18-16-26-58(81)65-48-63-61-41-52(37-39-70(61)92(3,4)78(63)50-83(65)98)51-96(11)76-35-22-34-75-90(76)100-86-60(28-20-31-72(86)94(75,7)8)68-43-54(45-80(96)88(68)100)53-42-67-59-27-19-30-71-85(59)99-87(67)79(44-53)95(9,10)74-33-21-32-73(89(74)99)93(71,5)6/h12-50H,51H2,1-11H3. The highest BCUT2D eigenvalue weighted by atomic mass is 15.0. The number of benzene rings is 13. The lowest BCUT2D eigenvalue weighted by molar-refractivity contribution is 0.548. The molecule has 1 atom stereocenters. The van der Waals surface area contributed by atoms with Crippen LogP contribution in [0.4, 0.5) is 0 Å². The van der Waals surface area contributed by atoms with Crippen molar-refractivity contribution in [1.29, 1.82) is 0 Å². The highest BCUT2D eigenvalue weighted by Crippen LogP contribution is 2.61. The summed E-state index contributed by atoms with van der Waals surface area (Å²) in [4.78, 5) is 0. The van der Waals surface area contributed by atoms with Crippen LogP contribution in [-0.4, -0.2) is 18.3 Å².